The summed E-state index contributed by atoms with van der Waals surface area (Å²) in [5.41, 5.74) is -0.420. The van der Waals surface area contributed by atoms with E-state index < -0.39 is 11.7 Å². The first kappa shape index (κ1) is 17.8. The molecule has 6 nitrogen and oxygen atoms in total. The second-order valence-electron chi connectivity index (χ2n) is 5.97. The van der Waals surface area contributed by atoms with Crippen molar-refractivity contribution in [2.75, 3.05) is 26.8 Å². The number of likely N-dealkylation sites (N-methyl/N-ethyl adjacent to an activating group) is 1. The van der Waals surface area contributed by atoms with Gasteiger partial charge in [-0.15, -0.1) is 0 Å². The predicted molar refractivity (Wildman–Crippen MR) is 84.6 cm³/mol. The summed E-state index contributed by atoms with van der Waals surface area (Å²) in [6, 6.07) is 5.53. The van der Waals surface area contributed by atoms with Crippen molar-refractivity contribution >= 4 is 0 Å². The number of benzene rings is 1. The van der Waals surface area contributed by atoms with Gasteiger partial charge in [0.2, 0.25) is 0 Å². The number of hydrogen-bond acceptors (Lipinski definition) is 5. The molecular formula is C16H20F3N5O. The number of aromatic amines is 1. The highest BCUT2D eigenvalue weighted by Gasteiger charge is 2.32. The minimum atomic E-state index is -4.36. The van der Waals surface area contributed by atoms with Crippen LogP contribution in [0.25, 0.3) is 0 Å². The number of nitrogens with zero attached hydrogens (tertiary/aromatic N) is 3. The zero-order valence-corrected chi connectivity index (χ0v) is 13.8. The molecule has 1 aliphatic rings. The predicted octanol–water partition coefficient (Wildman–Crippen LogP) is 2.12. The van der Waals surface area contributed by atoms with Crippen molar-refractivity contribution in [2.24, 2.45) is 0 Å². The van der Waals surface area contributed by atoms with Gasteiger partial charge in [-0.3, -0.25) is 10.00 Å². The van der Waals surface area contributed by atoms with E-state index in [0.717, 1.165) is 12.6 Å². The van der Waals surface area contributed by atoms with Crippen LogP contribution in [0.3, 0.4) is 0 Å². The fraction of sp³-hybridized carbons (Fsp3) is 0.500. The van der Waals surface area contributed by atoms with Gasteiger partial charge in [-0.2, -0.15) is 18.3 Å². The van der Waals surface area contributed by atoms with Crippen LogP contribution in [0.2, 0.25) is 0 Å². The largest absolute Gasteiger partial charge is 0.416 e. The highest BCUT2D eigenvalue weighted by atomic mass is 19.4. The van der Waals surface area contributed by atoms with Crippen LogP contribution in [-0.2, 0) is 24.0 Å². The normalized spacial score (nSPS) is 19.3. The lowest BCUT2D eigenvalue weighted by Crippen LogP contribution is -2.37. The molecular weight excluding hydrogens is 335 g/mol. The Labute approximate surface area is 143 Å². The SMILES string of the molecule is CN1CCOCC1c1n[nH]c(CNCc2ccccc2C(F)(F)F)n1. The Hall–Kier alpha value is -1.97. The number of H-pyrrole nitrogens is 1. The molecule has 0 saturated carbocycles. The van der Waals surface area contributed by atoms with Crippen LogP contribution in [0, 0.1) is 0 Å². The van der Waals surface area contributed by atoms with Crippen LogP contribution in [0.15, 0.2) is 24.3 Å². The molecule has 0 radical (unpaired) electrons. The second-order valence-corrected chi connectivity index (χ2v) is 5.97. The zero-order valence-electron chi connectivity index (χ0n) is 13.8. The fourth-order valence-corrected chi connectivity index (χ4v) is 2.76. The Balaban J connectivity index is 1.59. The smallest absolute Gasteiger partial charge is 0.378 e. The van der Waals surface area contributed by atoms with Crippen molar-refractivity contribution in [3.63, 3.8) is 0 Å². The maximum absolute atomic E-state index is 13.0. The molecule has 2 heterocycles. The quantitative estimate of drug-likeness (QED) is 0.860. The minimum Gasteiger partial charge on any atom is -0.378 e. The molecule has 1 aliphatic heterocycles. The molecule has 0 amide bonds. The molecule has 9 heteroatoms. The monoisotopic (exact) mass is 355 g/mol. The third-order valence-corrected chi connectivity index (χ3v) is 4.17. The van der Waals surface area contributed by atoms with Gasteiger partial charge in [-0.25, -0.2) is 4.98 Å². The summed E-state index contributed by atoms with van der Waals surface area (Å²) in [6.07, 6.45) is -4.36. The summed E-state index contributed by atoms with van der Waals surface area (Å²) in [5, 5.41) is 10.0. The second kappa shape index (κ2) is 7.51. The summed E-state index contributed by atoms with van der Waals surface area (Å²) >= 11 is 0. The molecule has 1 atom stereocenters. The van der Waals surface area contributed by atoms with E-state index >= 15 is 0 Å². The molecule has 136 valence electrons. The van der Waals surface area contributed by atoms with E-state index in [0.29, 0.717) is 31.4 Å². The summed E-state index contributed by atoms with van der Waals surface area (Å²) in [6.45, 7) is 2.42. The average molecular weight is 355 g/mol. The van der Waals surface area contributed by atoms with Gasteiger partial charge in [0.05, 0.1) is 31.4 Å². The third kappa shape index (κ3) is 4.36. The zero-order chi connectivity index (χ0) is 17.9. The summed E-state index contributed by atoms with van der Waals surface area (Å²) in [4.78, 5) is 6.53. The van der Waals surface area contributed by atoms with Crippen LogP contribution in [-0.4, -0.2) is 46.9 Å². The van der Waals surface area contributed by atoms with Crippen molar-refractivity contribution in [1.82, 2.24) is 25.4 Å². The molecule has 1 unspecified atom stereocenters. The number of nitrogens with one attached hydrogen (secondary N) is 2. The number of alkyl halides is 3. The Bertz CT molecular complexity index is 703. The van der Waals surface area contributed by atoms with Gasteiger partial charge in [0.15, 0.2) is 5.82 Å². The van der Waals surface area contributed by atoms with Crippen LogP contribution in [0.5, 0.6) is 0 Å². The first-order valence-corrected chi connectivity index (χ1v) is 8.00. The van der Waals surface area contributed by atoms with Crippen LogP contribution >= 0.6 is 0 Å². The molecule has 0 spiro atoms. The highest BCUT2D eigenvalue weighted by molar-refractivity contribution is 5.29. The lowest BCUT2D eigenvalue weighted by Gasteiger charge is -2.30. The van der Waals surface area contributed by atoms with E-state index in [4.69, 9.17) is 4.74 Å². The molecule has 0 aliphatic carbocycles. The first-order chi connectivity index (χ1) is 11.9. The topological polar surface area (TPSA) is 66.1 Å². The lowest BCUT2D eigenvalue weighted by molar-refractivity contribution is -0.138. The van der Waals surface area contributed by atoms with Crippen molar-refractivity contribution in [2.45, 2.75) is 25.3 Å². The van der Waals surface area contributed by atoms with Gasteiger partial charge in [0.25, 0.3) is 0 Å². The summed E-state index contributed by atoms with van der Waals surface area (Å²) in [5.74, 6) is 1.22. The van der Waals surface area contributed by atoms with Gasteiger partial charge >= 0.3 is 6.18 Å². The number of aromatic nitrogens is 3. The number of rotatable bonds is 5. The highest BCUT2D eigenvalue weighted by Crippen LogP contribution is 2.31. The summed E-state index contributed by atoms with van der Waals surface area (Å²) < 4.78 is 44.4. The molecule has 3 rings (SSSR count). The third-order valence-electron chi connectivity index (χ3n) is 4.17. The Morgan fingerprint density at radius 3 is 2.88 bits per heavy atom. The number of halogens is 3. The van der Waals surface area contributed by atoms with E-state index in [1.165, 1.54) is 12.1 Å². The summed E-state index contributed by atoms with van der Waals surface area (Å²) in [7, 11) is 1.98. The van der Waals surface area contributed by atoms with Crippen molar-refractivity contribution in [3.05, 3.63) is 47.0 Å². The number of morpholine rings is 1. The fourth-order valence-electron chi connectivity index (χ4n) is 2.76. The van der Waals surface area contributed by atoms with E-state index in [1.54, 1.807) is 6.07 Å². The minimum absolute atomic E-state index is 0.00953. The van der Waals surface area contributed by atoms with Crippen LogP contribution < -0.4 is 5.32 Å². The molecule has 1 aromatic heterocycles. The number of ether oxygens (including phenoxy) is 1. The van der Waals surface area contributed by atoms with Gasteiger partial charge in [-0.05, 0) is 18.7 Å². The van der Waals surface area contributed by atoms with Crippen molar-refractivity contribution in [3.8, 4) is 0 Å². The first-order valence-electron chi connectivity index (χ1n) is 8.00. The maximum atomic E-state index is 13.0. The Kier molecular flexibility index (Phi) is 5.36. The molecule has 0 bridgehead atoms. The van der Waals surface area contributed by atoms with Crippen LogP contribution in [0.1, 0.15) is 28.8 Å². The van der Waals surface area contributed by atoms with Crippen molar-refractivity contribution < 1.29 is 17.9 Å². The maximum Gasteiger partial charge on any atom is 0.416 e. The lowest BCUT2D eigenvalue weighted by atomic mass is 10.1. The van der Waals surface area contributed by atoms with E-state index in [2.05, 4.69) is 25.4 Å². The molecule has 2 N–H and O–H groups in total. The average Bonchev–Trinajstić information content (AvgIpc) is 3.03. The van der Waals surface area contributed by atoms with Gasteiger partial charge in [0, 0.05) is 13.1 Å². The van der Waals surface area contributed by atoms with Crippen LogP contribution in [0.4, 0.5) is 13.2 Å². The Morgan fingerprint density at radius 2 is 2.12 bits per heavy atom. The van der Waals surface area contributed by atoms with Gasteiger partial charge in [0.1, 0.15) is 5.82 Å². The molecule has 2 aromatic rings. The molecule has 1 saturated heterocycles. The standard InChI is InChI=1S/C16H20F3N5O/c1-24-6-7-25-10-13(24)15-21-14(22-23-15)9-20-8-11-4-2-3-5-12(11)16(17,18)19/h2-5,13,20H,6-10H2,1H3,(H,21,22,23). The van der Waals surface area contributed by atoms with E-state index in [1.807, 2.05) is 7.05 Å². The Morgan fingerprint density at radius 1 is 1.32 bits per heavy atom. The van der Waals surface area contributed by atoms with Crippen molar-refractivity contribution in [1.29, 1.82) is 0 Å². The molecule has 1 aromatic carbocycles. The molecule has 1 fully saturated rings. The number of hydrogen-bond donors (Lipinski definition) is 2. The van der Waals surface area contributed by atoms with Gasteiger partial charge < -0.3 is 10.1 Å². The van der Waals surface area contributed by atoms with Gasteiger partial charge in [-0.1, -0.05) is 18.2 Å². The van der Waals surface area contributed by atoms with E-state index in [-0.39, 0.29) is 18.2 Å². The van der Waals surface area contributed by atoms with E-state index in [9.17, 15) is 13.2 Å². The molecule has 25 heavy (non-hydrogen) atoms.